The Balaban J connectivity index is 1.71. The Kier molecular flexibility index (Phi) is 4.40. The monoisotopic (exact) mass is 310 g/mol. The first-order chi connectivity index (χ1) is 10.6. The van der Waals surface area contributed by atoms with Crippen molar-refractivity contribution in [3.63, 3.8) is 0 Å². The number of rotatable bonds is 5. The van der Waals surface area contributed by atoms with Crippen molar-refractivity contribution in [1.29, 1.82) is 0 Å². The third kappa shape index (κ3) is 3.28. The molecule has 1 amide bonds. The Morgan fingerprint density at radius 3 is 2.64 bits per heavy atom. The van der Waals surface area contributed by atoms with Gasteiger partial charge in [-0.2, -0.15) is 0 Å². The summed E-state index contributed by atoms with van der Waals surface area (Å²) in [6, 6.07) is 3.59. The molecule has 120 valence electrons. The molecule has 2 N–H and O–H groups in total. The Morgan fingerprint density at radius 1 is 1.27 bits per heavy atom. The molecule has 3 rings (SSSR count). The zero-order valence-electron chi connectivity index (χ0n) is 12.3. The molecule has 4 nitrogen and oxygen atoms in total. The molecule has 0 radical (unpaired) electrons. The summed E-state index contributed by atoms with van der Waals surface area (Å²) in [4.78, 5) is 14.3. The molecule has 1 aliphatic heterocycles. The van der Waals surface area contributed by atoms with E-state index < -0.39 is 17.7 Å². The van der Waals surface area contributed by atoms with E-state index in [1.54, 1.807) is 4.90 Å². The van der Waals surface area contributed by atoms with Crippen LogP contribution in [-0.2, 0) is 16.1 Å². The maximum absolute atomic E-state index is 13.8. The molecule has 0 bridgehead atoms. The lowest BCUT2D eigenvalue weighted by Crippen LogP contribution is -2.40. The number of nitrogens with two attached hydrogens (primary N) is 1. The minimum Gasteiger partial charge on any atom is -0.364 e. The molecule has 1 aliphatic carbocycles. The fourth-order valence-corrected chi connectivity index (χ4v) is 2.85. The quantitative estimate of drug-likeness (QED) is 0.904. The van der Waals surface area contributed by atoms with Crippen molar-refractivity contribution < 1.29 is 18.3 Å². The Morgan fingerprint density at radius 2 is 2.05 bits per heavy atom. The molecule has 1 saturated carbocycles. The summed E-state index contributed by atoms with van der Waals surface area (Å²) in [6.45, 7) is 0.558. The van der Waals surface area contributed by atoms with Crippen LogP contribution < -0.4 is 5.73 Å². The Hall–Kier alpha value is -1.53. The molecular formula is C16H20F2N2O2. The largest absolute Gasteiger partial charge is 0.364 e. The lowest BCUT2D eigenvalue weighted by molar-refractivity contribution is -0.144. The summed E-state index contributed by atoms with van der Waals surface area (Å²) in [7, 11) is 0. The molecule has 0 unspecified atom stereocenters. The Labute approximate surface area is 128 Å². The Bertz CT molecular complexity index is 563. The summed E-state index contributed by atoms with van der Waals surface area (Å²) >= 11 is 0. The summed E-state index contributed by atoms with van der Waals surface area (Å²) in [5, 5.41) is 0. The molecule has 2 atom stereocenters. The van der Waals surface area contributed by atoms with E-state index in [1.165, 1.54) is 12.1 Å². The molecule has 0 aromatic heterocycles. The van der Waals surface area contributed by atoms with Crippen LogP contribution in [0.4, 0.5) is 8.78 Å². The van der Waals surface area contributed by atoms with Crippen LogP contribution >= 0.6 is 0 Å². The summed E-state index contributed by atoms with van der Waals surface area (Å²) < 4.78 is 32.5. The molecule has 0 spiro atoms. The fourth-order valence-electron chi connectivity index (χ4n) is 2.85. The number of benzene rings is 1. The van der Waals surface area contributed by atoms with Gasteiger partial charge >= 0.3 is 0 Å². The second kappa shape index (κ2) is 6.30. The highest BCUT2D eigenvalue weighted by atomic mass is 19.1. The van der Waals surface area contributed by atoms with Crippen LogP contribution in [0, 0.1) is 11.6 Å². The van der Waals surface area contributed by atoms with Gasteiger partial charge in [0.15, 0.2) is 0 Å². The van der Waals surface area contributed by atoms with Crippen molar-refractivity contribution in [3.8, 4) is 0 Å². The van der Waals surface area contributed by atoms with Gasteiger partial charge in [0.2, 0.25) is 0 Å². The van der Waals surface area contributed by atoms with Crippen molar-refractivity contribution in [2.24, 2.45) is 5.73 Å². The van der Waals surface area contributed by atoms with Crippen LogP contribution in [0.1, 0.15) is 31.2 Å². The van der Waals surface area contributed by atoms with Crippen molar-refractivity contribution >= 4 is 5.91 Å². The van der Waals surface area contributed by atoms with E-state index in [4.69, 9.17) is 10.5 Å². The lowest BCUT2D eigenvalue weighted by atomic mass is 10.1. The topological polar surface area (TPSA) is 55.6 Å². The number of carbonyl (C=O) groups excluding carboxylic acids is 1. The first kappa shape index (κ1) is 15.4. The SMILES string of the molecule is NC[C@H]1CC[C@@H](C(=O)N(Cc2ccc(F)cc2F)C2CC2)O1. The number of nitrogens with zero attached hydrogens (tertiary/aromatic N) is 1. The molecule has 2 fully saturated rings. The van der Waals surface area contributed by atoms with Gasteiger partial charge in [-0.1, -0.05) is 6.07 Å². The third-order valence-electron chi connectivity index (χ3n) is 4.27. The minimum atomic E-state index is -0.620. The summed E-state index contributed by atoms with van der Waals surface area (Å²) in [6.07, 6.45) is 2.70. The summed E-state index contributed by atoms with van der Waals surface area (Å²) in [5.74, 6) is -1.34. The number of hydrogen-bond donors (Lipinski definition) is 1. The average Bonchev–Trinajstić information content (AvgIpc) is 3.22. The third-order valence-corrected chi connectivity index (χ3v) is 4.27. The maximum atomic E-state index is 13.8. The van der Waals surface area contributed by atoms with E-state index in [-0.39, 0.29) is 24.6 Å². The van der Waals surface area contributed by atoms with Gasteiger partial charge in [-0.05, 0) is 31.7 Å². The predicted molar refractivity (Wildman–Crippen MR) is 76.9 cm³/mol. The molecule has 6 heteroatoms. The first-order valence-electron chi connectivity index (χ1n) is 7.68. The second-order valence-electron chi connectivity index (χ2n) is 5.99. The highest BCUT2D eigenvalue weighted by molar-refractivity contribution is 5.81. The number of ether oxygens (including phenoxy) is 1. The molecular weight excluding hydrogens is 290 g/mol. The molecule has 1 saturated heterocycles. The molecule has 2 aliphatic rings. The van der Waals surface area contributed by atoms with E-state index in [0.29, 0.717) is 18.5 Å². The van der Waals surface area contributed by atoms with E-state index in [0.717, 1.165) is 25.3 Å². The van der Waals surface area contributed by atoms with Crippen LogP contribution in [0.5, 0.6) is 0 Å². The van der Waals surface area contributed by atoms with E-state index in [1.807, 2.05) is 0 Å². The standard InChI is InChI=1S/C16H20F2N2O2/c17-11-2-1-10(14(18)7-11)9-20(12-3-4-12)16(21)15-6-5-13(8-19)22-15/h1-2,7,12-13,15H,3-6,8-9,19H2/t13-,15+/m1/s1. The average molecular weight is 310 g/mol. The fraction of sp³-hybridized carbons (Fsp3) is 0.562. The smallest absolute Gasteiger partial charge is 0.252 e. The second-order valence-corrected chi connectivity index (χ2v) is 5.99. The van der Waals surface area contributed by atoms with E-state index >= 15 is 0 Å². The van der Waals surface area contributed by atoms with Gasteiger partial charge in [0.05, 0.1) is 6.10 Å². The molecule has 22 heavy (non-hydrogen) atoms. The van der Waals surface area contributed by atoms with Crippen molar-refractivity contribution in [1.82, 2.24) is 4.90 Å². The molecule has 1 aromatic rings. The van der Waals surface area contributed by atoms with Gasteiger partial charge in [0, 0.05) is 30.8 Å². The molecule has 1 aromatic carbocycles. The summed E-state index contributed by atoms with van der Waals surface area (Å²) in [5.41, 5.74) is 5.90. The van der Waals surface area contributed by atoms with Crippen LogP contribution in [0.15, 0.2) is 18.2 Å². The van der Waals surface area contributed by atoms with Crippen LogP contribution in [0.3, 0.4) is 0 Å². The number of halogens is 2. The van der Waals surface area contributed by atoms with Crippen LogP contribution in [0.25, 0.3) is 0 Å². The van der Waals surface area contributed by atoms with Gasteiger partial charge in [-0.15, -0.1) is 0 Å². The lowest BCUT2D eigenvalue weighted by Gasteiger charge is -2.26. The van der Waals surface area contributed by atoms with Gasteiger partial charge in [-0.25, -0.2) is 8.78 Å². The number of amides is 1. The zero-order valence-corrected chi connectivity index (χ0v) is 12.3. The van der Waals surface area contributed by atoms with E-state index in [2.05, 4.69) is 0 Å². The number of hydrogen-bond acceptors (Lipinski definition) is 3. The molecule has 1 heterocycles. The highest BCUT2D eigenvalue weighted by Gasteiger charge is 2.39. The number of carbonyl (C=O) groups is 1. The van der Waals surface area contributed by atoms with Gasteiger partial charge in [0.25, 0.3) is 5.91 Å². The zero-order chi connectivity index (χ0) is 15.7. The van der Waals surface area contributed by atoms with Crippen LogP contribution in [0.2, 0.25) is 0 Å². The van der Waals surface area contributed by atoms with E-state index in [9.17, 15) is 13.6 Å². The maximum Gasteiger partial charge on any atom is 0.252 e. The van der Waals surface area contributed by atoms with Gasteiger partial charge < -0.3 is 15.4 Å². The van der Waals surface area contributed by atoms with Crippen molar-refractivity contribution in [2.75, 3.05) is 6.54 Å². The normalized spacial score (nSPS) is 24.5. The van der Waals surface area contributed by atoms with Gasteiger partial charge in [-0.3, -0.25) is 4.79 Å². The van der Waals surface area contributed by atoms with Crippen molar-refractivity contribution in [3.05, 3.63) is 35.4 Å². The van der Waals surface area contributed by atoms with Crippen molar-refractivity contribution in [2.45, 2.75) is 50.5 Å². The minimum absolute atomic E-state index is 0.0717. The highest BCUT2D eigenvalue weighted by Crippen LogP contribution is 2.32. The van der Waals surface area contributed by atoms with Gasteiger partial charge in [0.1, 0.15) is 17.7 Å². The predicted octanol–water partition coefficient (Wildman–Crippen LogP) is 1.96. The first-order valence-corrected chi connectivity index (χ1v) is 7.68. The van der Waals surface area contributed by atoms with Crippen LogP contribution in [-0.4, -0.2) is 35.6 Å².